The lowest BCUT2D eigenvalue weighted by Crippen LogP contribution is -2.13. The topological polar surface area (TPSA) is 80.6 Å². The van der Waals surface area contributed by atoms with Gasteiger partial charge >= 0.3 is 0 Å². The zero-order chi connectivity index (χ0) is 23.6. The minimum absolute atomic E-state index is 0.0339. The van der Waals surface area contributed by atoms with Gasteiger partial charge in [0.05, 0.1) is 13.7 Å². The van der Waals surface area contributed by atoms with E-state index in [1.807, 2.05) is 13.0 Å². The van der Waals surface area contributed by atoms with E-state index < -0.39 is 5.91 Å². The van der Waals surface area contributed by atoms with E-state index in [0.717, 1.165) is 0 Å². The summed E-state index contributed by atoms with van der Waals surface area (Å²) in [6.07, 6.45) is 1.45. The summed E-state index contributed by atoms with van der Waals surface area (Å²) in [5.74, 6) is 0.601. The Kier molecular flexibility index (Phi) is 8.03. The lowest BCUT2D eigenvalue weighted by molar-refractivity contribution is -0.112. The number of amides is 1. The summed E-state index contributed by atoms with van der Waals surface area (Å²) in [4.78, 5) is 12.5. The monoisotopic (exact) mass is 446 g/mol. The zero-order valence-electron chi connectivity index (χ0n) is 18.3. The van der Waals surface area contributed by atoms with E-state index >= 15 is 0 Å². The van der Waals surface area contributed by atoms with Crippen molar-refractivity contribution in [3.8, 4) is 23.3 Å². The number of halogens is 1. The quantitative estimate of drug-likeness (QED) is 0.354. The van der Waals surface area contributed by atoms with Gasteiger partial charge in [0.1, 0.15) is 29.8 Å². The number of benzene rings is 3. The molecule has 0 saturated heterocycles. The molecule has 168 valence electrons. The molecule has 0 heterocycles. The summed E-state index contributed by atoms with van der Waals surface area (Å²) in [5.41, 5.74) is 1.45. The Morgan fingerprint density at radius 3 is 2.48 bits per heavy atom. The molecule has 0 aliphatic heterocycles. The molecule has 0 atom stereocenters. The molecule has 3 aromatic carbocycles. The van der Waals surface area contributed by atoms with Crippen molar-refractivity contribution in [2.75, 3.05) is 19.0 Å². The van der Waals surface area contributed by atoms with E-state index in [0.29, 0.717) is 40.7 Å². The largest absolute Gasteiger partial charge is 0.494 e. The van der Waals surface area contributed by atoms with Crippen LogP contribution in [0.2, 0.25) is 0 Å². The Morgan fingerprint density at radius 2 is 1.82 bits per heavy atom. The Balaban J connectivity index is 1.72. The second-order valence-corrected chi connectivity index (χ2v) is 6.87. The number of nitrogens with one attached hydrogen (secondary N) is 1. The molecule has 0 aromatic heterocycles. The molecular formula is C26H23FN2O4. The molecule has 0 aliphatic rings. The van der Waals surface area contributed by atoms with Crippen molar-refractivity contribution in [2.45, 2.75) is 13.5 Å². The third-order valence-electron chi connectivity index (χ3n) is 4.63. The van der Waals surface area contributed by atoms with Crippen molar-refractivity contribution in [1.29, 1.82) is 5.26 Å². The summed E-state index contributed by atoms with van der Waals surface area (Å²) in [5, 5.41) is 12.2. The molecular weight excluding hydrogens is 423 g/mol. The molecule has 0 unspecified atom stereocenters. The number of hydrogen-bond acceptors (Lipinski definition) is 5. The average molecular weight is 446 g/mol. The lowest BCUT2D eigenvalue weighted by atomic mass is 10.1. The Bertz CT molecular complexity index is 1180. The van der Waals surface area contributed by atoms with E-state index in [-0.39, 0.29) is 18.0 Å². The predicted octanol–water partition coefficient (Wildman–Crippen LogP) is 5.36. The highest BCUT2D eigenvalue weighted by molar-refractivity contribution is 6.09. The van der Waals surface area contributed by atoms with Crippen LogP contribution >= 0.6 is 0 Å². The van der Waals surface area contributed by atoms with Crippen molar-refractivity contribution >= 4 is 17.7 Å². The fourth-order valence-electron chi connectivity index (χ4n) is 2.98. The van der Waals surface area contributed by atoms with Gasteiger partial charge in [-0.1, -0.05) is 24.3 Å². The van der Waals surface area contributed by atoms with Crippen LogP contribution in [0, 0.1) is 17.1 Å². The van der Waals surface area contributed by atoms with Crippen LogP contribution in [0.5, 0.6) is 17.2 Å². The molecule has 0 spiro atoms. The van der Waals surface area contributed by atoms with Crippen LogP contribution in [0.4, 0.5) is 10.1 Å². The van der Waals surface area contributed by atoms with E-state index in [9.17, 15) is 14.4 Å². The second-order valence-electron chi connectivity index (χ2n) is 6.87. The van der Waals surface area contributed by atoms with E-state index in [2.05, 4.69) is 5.32 Å². The average Bonchev–Trinajstić information content (AvgIpc) is 2.83. The van der Waals surface area contributed by atoms with Gasteiger partial charge in [0, 0.05) is 11.3 Å². The maximum absolute atomic E-state index is 13.8. The molecule has 3 aromatic rings. The summed E-state index contributed by atoms with van der Waals surface area (Å²) in [6.45, 7) is 2.46. The van der Waals surface area contributed by atoms with Crippen LogP contribution < -0.4 is 19.5 Å². The number of carbonyl (C=O) groups excluding carboxylic acids is 1. The number of nitriles is 1. The first-order valence-corrected chi connectivity index (χ1v) is 10.2. The first-order chi connectivity index (χ1) is 16.0. The number of carbonyl (C=O) groups is 1. The minimum Gasteiger partial charge on any atom is -0.494 e. The van der Waals surface area contributed by atoms with Gasteiger partial charge in [0.2, 0.25) is 0 Å². The molecule has 0 bridgehead atoms. The molecule has 7 heteroatoms. The highest BCUT2D eigenvalue weighted by Gasteiger charge is 2.12. The van der Waals surface area contributed by atoms with Gasteiger partial charge in [-0.05, 0) is 61.0 Å². The maximum atomic E-state index is 13.8. The Hall–Kier alpha value is -4.31. The Morgan fingerprint density at radius 1 is 1.06 bits per heavy atom. The molecule has 1 amide bonds. The standard InChI is InChI=1S/C26H23FN2O4/c1-3-32-22-11-9-21(10-12-22)29-26(30)20(16-28)14-18-8-13-24(25(15-18)31-2)33-17-19-6-4-5-7-23(19)27/h4-15H,3,17H2,1-2H3,(H,29,30)/b20-14-. The first kappa shape index (κ1) is 23.4. The smallest absolute Gasteiger partial charge is 0.266 e. The highest BCUT2D eigenvalue weighted by Crippen LogP contribution is 2.30. The summed E-state index contributed by atoms with van der Waals surface area (Å²) in [6, 6.07) is 20.1. The molecule has 6 nitrogen and oxygen atoms in total. The minimum atomic E-state index is -0.541. The highest BCUT2D eigenvalue weighted by atomic mass is 19.1. The van der Waals surface area contributed by atoms with E-state index in [4.69, 9.17) is 14.2 Å². The van der Waals surface area contributed by atoms with E-state index in [1.165, 1.54) is 19.3 Å². The molecule has 33 heavy (non-hydrogen) atoms. The third-order valence-corrected chi connectivity index (χ3v) is 4.63. The molecule has 3 rings (SSSR count). The summed E-state index contributed by atoms with van der Waals surface area (Å²) >= 11 is 0. The lowest BCUT2D eigenvalue weighted by Gasteiger charge is -2.12. The fourth-order valence-corrected chi connectivity index (χ4v) is 2.98. The van der Waals surface area contributed by atoms with Gasteiger partial charge in [-0.2, -0.15) is 5.26 Å². The SMILES string of the molecule is CCOc1ccc(NC(=O)/C(C#N)=C\c2ccc(OCc3ccccc3F)c(OC)c2)cc1. The first-order valence-electron chi connectivity index (χ1n) is 10.2. The van der Waals surface area contributed by atoms with Crippen LogP contribution in [-0.2, 0) is 11.4 Å². The number of ether oxygens (including phenoxy) is 3. The van der Waals surface area contributed by atoms with Crippen molar-refractivity contribution in [1.82, 2.24) is 0 Å². The predicted molar refractivity (Wildman–Crippen MR) is 124 cm³/mol. The Labute approximate surface area is 191 Å². The van der Waals surface area contributed by atoms with Crippen LogP contribution in [0.15, 0.2) is 72.3 Å². The van der Waals surface area contributed by atoms with Crippen molar-refractivity contribution in [3.63, 3.8) is 0 Å². The van der Waals surface area contributed by atoms with Gasteiger partial charge in [0.25, 0.3) is 5.91 Å². The number of nitrogens with zero attached hydrogens (tertiary/aromatic N) is 1. The molecule has 0 radical (unpaired) electrons. The summed E-state index contributed by atoms with van der Waals surface area (Å²) < 4.78 is 30.2. The van der Waals surface area contributed by atoms with Gasteiger partial charge in [-0.3, -0.25) is 4.79 Å². The number of rotatable bonds is 9. The molecule has 0 saturated carbocycles. The van der Waals surface area contributed by atoms with Gasteiger partial charge in [-0.25, -0.2) is 4.39 Å². The molecule has 0 fully saturated rings. The second kappa shape index (κ2) is 11.3. The van der Waals surface area contributed by atoms with Crippen molar-refractivity contribution in [2.24, 2.45) is 0 Å². The van der Waals surface area contributed by atoms with Crippen LogP contribution in [0.1, 0.15) is 18.1 Å². The molecule has 1 N–H and O–H groups in total. The van der Waals surface area contributed by atoms with Crippen molar-refractivity contribution < 1.29 is 23.4 Å². The van der Waals surface area contributed by atoms with Gasteiger partial charge in [0.15, 0.2) is 11.5 Å². The van der Waals surface area contributed by atoms with Gasteiger partial charge in [-0.15, -0.1) is 0 Å². The van der Waals surface area contributed by atoms with Gasteiger partial charge < -0.3 is 19.5 Å². The van der Waals surface area contributed by atoms with Crippen molar-refractivity contribution in [3.05, 3.63) is 89.2 Å². The van der Waals surface area contributed by atoms with Crippen LogP contribution in [-0.4, -0.2) is 19.6 Å². The maximum Gasteiger partial charge on any atom is 0.266 e. The van der Waals surface area contributed by atoms with Crippen LogP contribution in [0.25, 0.3) is 6.08 Å². The number of anilines is 1. The summed E-state index contributed by atoms with van der Waals surface area (Å²) in [7, 11) is 1.47. The zero-order valence-corrected chi connectivity index (χ0v) is 18.3. The number of methoxy groups -OCH3 is 1. The van der Waals surface area contributed by atoms with E-state index in [1.54, 1.807) is 60.7 Å². The number of hydrogen-bond donors (Lipinski definition) is 1. The third kappa shape index (κ3) is 6.34. The molecule has 0 aliphatic carbocycles. The van der Waals surface area contributed by atoms with Crippen LogP contribution in [0.3, 0.4) is 0 Å². The fraction of sp³-hybridized carbons (Fsp3) is 0.154. The normalized spacial score (nSPS) is 10.8.